The van der Waals surface area contributed by atoms with Gasteiger partial charge >= 0.3 is 0 Å². The van der Waals surface area contributed by atoms with Gasteiger partial charge in [-0.25, -0.2) is 4.98 Å². The maximum atomic E-state index is 11.6. The molecule has 0 saturated carbocycles. The molecule has 1 aromatic heterocycles. The van der Waals surface area contributed by atoms with Gasteiger partial charge in [-0.1, -0.05) is 12.8 Å². The van der Waals surface area contributed by atoms with Crippen LogP contribution in [0.4, 0.5) is 5.82 Å². The molecule has 15 heavy (non-hydrogen) atoms. The van der Waals surface area contributed by atoms with Crippen molar-refractivity contribution in [3.8, 4) is 0 Å². The Labute approximate surface area is 89.1 Å². The minimum Gasteiger partial charge on any atom is -0.379 e. The van der Waals surface area contributed by atoms with E-state index in [1.165, 1.54) is 12.8 Å². The Bertz CT molecular complexity index is 423. The van der Waals surface area contributed by atoms with E-state index in [2.05, 4.69) is 4.98 Å². The summed E-state index contributed by atoms with van der Waals surface area (Å²) < 4.78 is 1.67. The average molecular weight is 207 g/mol. The smallest absolute Gasteiger partial charge is 0.293 e. The maximum Gasteiger partial charge on any atom is 0.293 e. The first-order valence-electron chi connectivity index (χ1n) is 5.54. The minimum atomic E-state index is -0.158. The van der Waals surface area contributed by atoms with Gasteiger partial charge in [0.25, 0.3) is 5.56 Å². The fourth-order valence-corrected chi connectivity index (χ4v) is 2.20. The van der Waals surface area contributed by atoms with Crippen molar-refractivity contribution in [1.29, 1.82) is 0 Å². The number of aryl methyl sites for hydroxylation is 1. The van der Waals surface area contributed by atoms with Crippen molar-refractivity contribution in [2.24, 2.45) is 7.05 Å². The van der Waals surface area contributed by atoms with Crippen molar-refractivity contribution < 1.29 is 0 Å². The predicted octanol–water partition coefficient (Wildman–Crippen LogP) is 1.02. The SMILES string of the molecule is Cn1c2c(nc(N)c1=O)CCCCCC2. The Hall–Kier alpha value is -1.32. The third kappa shape index (κ3) is 1.89. The van der Waals surface area contributed by atoms with E-state index in [4.69, 9.17) is 5.73 Å². The summed E-state index contributed by atoms with van der Waals surface area (Å²) in [5, 5.41) is 0. The number of nitrogens with two attached hydrogens (primary N) is 1. The molecule has 0 spiro atoms. The van der Waals surface area contributed by atoms with Gasteiger partial charge in [-0.05, 0) is 25.7 Å². The first-order chi connectivity index (χ1) is 7.20. The number of nitrogen functional groups attached to an aromatic ring is 1. The van der Waals surface area contributed by atoms with Crippen LogP contribution in [0.15, 0.2) is 4.79 Å². The molecule has 0 atom stereocenters. The van der Waals surface area contributed by atoms with Gasteiger partial charge in [0.15, 0.2) is 5.82 Å². The van der Waals surface area contributed by atoms with Crippen LogP contribution in [-0.4, -0.2) is 9.55 Å². The van der Waals surface area contributed by atoms with Gasteiger partial charge in [-0.15, -0.1) is 0 Å². The molecule has 1 aliphatic rings. The number of fused-ring (bicyclic) bond motifs is 1. The Balaban J connectivity index is 2.52. The molecule has 1 aliphatic carbocycles. The summed E-state index contributed by atoms with van der Waals surface area (Å²) in [6, 6.07) is 0. The highest BCUT2D eigenvalue weighted by Gasteiger charge is 2.13. The standard InChI is InChI=1S/C11H17N3O/c1-14-9-7-5-3-2-4-6-8(9)13-10(12)11(14)15/h2-7H2,1H3,(H2,12,13). The highest BCUT2D eigenvalue weighted by Crippen LogP contribution is 2.17. The topological polar surface area (TPSA) is 60.9 Å². The second kappa shape index (κ2) is 4.04. The first-order valence-corrected chi connectivity index (χ1v) is 5.54. The molecule has 0 aliphatic heterocycles. The summed E-state index contributed by atoms with van der Waals surface area (Å²) in [5.74, 6) is 0.136. The molecule has 82 valence electrons. The molecule has 0 fully saturated rings. The van der Waals surface area contributed by atoms with Gasteiger partial charge in [-0.3, -0.25) is 4.79 Å². The van der Waals surface area contributed by atoms with Crippen LogP contribution >= 0.6 is 0 Å². The summed E-state index contributed by atoms with van der Waals surface area (Å²) in [6.45, 7) is 0. The van der Waals surface area contributed by atoms with Gasteiger partial charge in [0.1, 0.15) is 0 Å². The molecule has 0 aromatic carbocycles. The monoisotopic (exact) mass is 207 g/mol. The van der Waals surface area contributed by atoms with Gasteiger partial charge in [0.05, 0.1) is 5.69 Å². The molecule has 0 amide bonds. The summed E-state index contributed by atoms with van der Waals surface area (Å²) >= 11 is 0. The molecule has 1 heterocycles. The normalized spacial score (nSPS) is 16.6. The van der Waals surface area contributed by atoms with Crippen molar-refractivity contribution in [2.75, 3.05) is 5.73 Å². The van der Waals surface area contributed by atoms with E-state index in [9.17, 15) is 4.79 Å². The van der Waals surface area contributed by atoms with Crippen molar-refractivity contribution in [2.45, 2.75) is 38.5 Å². The zero-order valence-electron chi connectivity index (χ0n) is 9.12. The Morgan fingerprint density at radius 2 is 1.87 bits per heavy atom. The van der Waals surface area contributed by atoms with Crippen LogP contribution in [0.5, 0.6) is 0 Å². The zero-order valence-corrected chi connectivity index (χ0v) is 9.12. The zero-order chi connectivity index (χ0) is 10.8. The second-order valence-corrected chi connectivity index (χ2v) is 4.17. The molecular formula is C11H17N3O. The Kier molecular flexibility index (Phi) is 2.75. The van der Waals surface area contributed by atoms with Gasteiger partial charge in [0.2, 0.25) is 0 Å². The van der Waals surface area contributed by atoms with Crippen LogP contribution in [0.25, 0.3) is 0 Å². The molecule has 1 aromatic rings. The lowest BCUT2D eigenvalue weighted by atomic mass is 10.0. The van der Waals surface area contributed by atoms with Crippen molar-refractivity contribution in [3.05, 3.63) is 21.7 Å². The molecule has 4 heteroatoms. The molecule has 2 rings (SSSR count). The summed E-state index contributed by atoms with van der Waals surface area (Å²) in [7, 11) is 1.79. The number of hydrogen-bond acceptors (Lipinski definition) is 3. The Morgan fingerprint density at radius 3 is 2.60 bits per heavy atom. The number of hydrogen-bond donors (Lipinski definition) is 1. The fraction of sp³-hybridized carbons (Fsp3) is 0.636. The molecule has 0 unspecified atom stereocenters. The summed E-state index contributed by atoms with van der Waals surface area (Å²) in [5.41, 5.74) is 7.53. The molecule has 0 saturated heterocycles. The third-order valence-corrected chi connectivity index (χ3v) is 3.09. The molecular weight excluding hydrogens is 190 g/mol. The molecule has 0 bridgehead atoms. The quantitative estimate of drug-likeness (QED) is 0.691. The lowest BCUT2D eigenvalue weighted by Gasteiger charge is -2.16. The van der Waals surface area contributed by atoms with E-state index < -0.39 is 0 Å². The van der Waals surface area contributed by atoms with E-state index in [1.807, 2.05) is 0 Å². The van der Waals surface area contributed by atoms with E-state index in [-0.39, 0.29) is 11.4 Å². The highest BCUT2D eigenvalue weighted by molar-refractivity contribution is 5.29. The van der Waals surface area contributed by atoms with Gasteiger partial charge < -0.3 is 10.3 Å². The van der Waals surface area contributed by atoms with Gasteiger partial charge in [0, 0.05) is 12.7 Å². The number of anilines is 1. The maximum absolute atomic E-state index is 11.6. The largest absolute Gasteiger partial charge is 0.379 e. The first kappa shape index (κ1) is 10.2. The van der Waals surface area contributed by atoms with E-state index >= 15 is 0 Å². The lowest BCUT2D eigenvalue weighted by molar-refractivity contribution is 0.578. The minimum absolute atomic E-state index is 0.136. The lowest BCUT2D eigenvalue weighted by Crippen LogP contribution is -2.27. The van der Waals surface area contributed by atoms with Crippen molar-refractivity contribution in [3.63, 3.8) is 0 Å². The number of rotatable bonds is 0. The predicted molar refractivity (Wildman–Crippen MR) is 59.8 cm³/mol. The van der Waals surface area contributed by atoms with E-state index in [0.29, 0.717) is 0 Å². The summed E-state index contributed by atoms with van der Waals surface area (Å²) in [4.78, 5) is 15.8. The Morgan fingerprint density at radius 1 is 1.20 bits per heavy atom. The van der Waals surface area contributed by atoms with E-state index in [1.54, 1.807) is 11.6 Å². The molecule has 2 N–H and O–H groups in total. The summed E-state index contributed by atoms with van der Waals surface area (Å²) in [6.07, 6.45) is 6.70. The van der Waals surface area contributed by atoms with Crippen LogP contribution in [0.3, 0.4) is 0 Å². The van der Waals surface area contributed by atoms with Crippen LogP contribution in [0.1, 0.15) is 37.1 Å². The molecule has 4 nitrogen and oxygen atoms in total. The average Bonchev–Trinajstić information content (AvgIpc) is 2.18. The highest BCUT2D eigenvalue weighted by atomic mass is 16.1. The molecule has 0 radical (unpaired) electrons. The number of aromatic nitrogens is 2. The fourth-order valence-electron chi connectivity index (χ4n) is 2.20. The van der Waals surface area contributed by atoms with Gasteiger partial charge in [-0.2, -0.15) is 0 Å². The second-order valence-electron chi connectivity index (χ2n) is 4.17. The van der Waals surface area contributed by atoms with Crippen LogP contribution in [0.2, 0.25) is 0 Å². The van der Waals surface area contributed by atoms with Crippen LogP contribution < -0.4 is 11.3 Å². The van der Waals surface area contributed by atoms with Crippen molar-refractivity contribution >= 4 is 5.82 Å². The van der Waals surface area contributed by atoms with E-state index in [0.717, 1.165) is 37.1 Å². The van der Waals surface area contributed by atoms with Crippen LogP contribution in [-0.2, 0) is 19.9 Å². The van der Waals surface area contributed by atoms with Crippen LogP contribution in [0, 0.1) is 0 Å². The number of nitrogens with zero attached hydrogens (tertiary/aromatic N) is 2. The third-order valence-electron chi connectivity index (χ3n) is 3.09. The van der Waals surface area contributed by atoms with Crippen molar-refractivity contribution in [1.82, 2.24) is 9.55 Å².